The van der Waals surface area contributed by atoms with Gasteiger partial charge in [0.2, 0.25) is 0 Å². The molecular weight excluding hydrogens is 705 g/mol. The van der Waals surface area contributed by atoms with Crippen molar-refractivity contribution in [1.82, 2.24) is 4.57 Å². The van der Waals surface area contributed by atoms with Crippen molar-refractivity contribution >= 4 is 71.6 Å². The van der Waals surface area contributed by atoms with E-state index in [9.17, 15) is 0 Å². The van der Waals surface area contributed by atoms with Crippen LogP contribution in [-0.2, 0) is 5.41 Å². The van der Waals surface area contributed by atoms with Crippen molar-refractivity contribution in [1.29, 1.82) is 0 Å². The molecule has 0 aliphatic heterocycles. The monoisotopic (exact) mass is 742 g/mol. The third-order valence-electron chi connectivity index (χ3n) is 12.6. The lowest BCUT2D eigenvalue weighted by atomic mass is 9.81. The second-order valence-electron chi connectivity index (χ2n) is 16.0. The van der Waals surface area contributed by atoms with Gasteiger partial charge in [-0.25, -0.2) is 0 Å². The van der Waals surface area contributed by atoms with Crippen LogP contribution in [0.15, 0.2) is 199 Å². The highest BCUT2D eigenvalue weighted by atomic mass is 16.3. The number of aromatic nitrogens is 1. The molecule has 0 atom stereocenters. The largest absolute Gasteiger partial charge is 0.455 e. The molecule has 0 bridgehead atoms. The maximum atomic E-state index is 7.00. The predicted molar refractivity (Wildman–Crippen MR) is 243 cm³/mol. The van der Waals surface area contributed by atoms with Gasteiger partial charge in [0, 0.05) is 43.5 Å². The van der Waals surface area contributed by atoms with Gasteiger partial charge in [0.15, 0.2) is 0 Å². The Morgan fingerprint density at radius 1 is 0.397 bits per heavy atom. The van der Waals surface area contributed by atoms with Crippen LogP contribution in [0.4, 0.5) is 17.1 Å². The minimum atomic E-state index is -0.253. The van der Waals surface area contributed by atoms with Crippen LogP contribution in [0.25, 0.3) is 82.5 Å². The minimum absolute atomic E-state index is 0.253. The van der Waals surface area contributed by atoms with E-state index in [1.807, 2.05) is 0 Å². The molecule has 12 rings (SSSR count). The van der Waals surface area contributed by atoms with Crippen molar-refractivity contribution in [2.75, 3.05) is 4.90 Å². The van der Waals surface area contributed by atoms with Crippen LogP contribution in [0.5, 0.6) is 0 Å². The third kappa shape index (κ3) is 4.56. The Labute approximate surface area is 336 Å². The van der Waals surface area contributed by atoms with E-state index in [2.05, 4.69) is 217 Å². The zero-order chi connectivity index (χ0) is 38.5. The Balaban J connectivity index is 1.18. The molecule has 2 aromatic heterocycles. The van der Waals surface area contributed by atoms with Gasteiger partial charge in [-0.2, -0.15) is 0 Å². The fourth-order valence-electron chi connectivity index (χ4n) is 10.1. The normalized spacial score (nSPS) is 13.1. The summed E-state index contributed by atoms with van der Waals surface area (Å²) in [6, 6.07) is 70.6. The lowest BCUT2D eigenvalue weighted by Crippen LogP contribution is -2.21. The third-order valence-corrected chi connectivity index (χ3v) is 12.6. The molecule has 3 nitrogen and oxygen atoms in total. The lowest BCUT2D eigenvalue weighted by Gasteiger charge is -2.34. The molecule has 0 radical (unpaired) electrons. The smallest absolute Gasteiger partial charge is 0.143 e. The fraction of sp³-hybridized carbons (Fsp3) is 0.0545. The van der Waals surface area contributed by atoms with Crippen LogP contribution in [0.3, 0.4) is 0 Å². The van der Waals surface area contributed by atoms with Crippen LogP contribution in [0, 0.1) is 0 Å². The summed E-state index contributed by atoms with van der Waals surface area (Å²) in [4.78, 5) is 2.53. The minimum Gasteiger partial charge on any atom is -0.455 e. The van der Waals surface area contributed by atoms with Crippen molar-refractivity contribution in [3.63, 3.8) is 0 Å². The van der Waals surface area contributed by atoms with Gasteiger partial charge in [0.05, 0.1) is 33.8 Å². The van der Waals surface area contributed by atoms with Crippen molar-refractivity contribution < 1.29 is 4.42 Å². The molecular formula is C55H38N2O. The highest BCUT2D eigenvalue weighted by molar-refractivity contribution is 6.18. The van der Waals surface area contributed by atoms with Gasteiger partial charge in [0.25, 0.3) is 0 Å². The fourth-order valence-corrected chi connectivity index (χ4v) is 10.1. The predicted octanol–water partition coefficient (Wildman–Crippen LogP) is 15.3. The zero-order valence-electron chi connectivity index (χ0n) is 32.3. The summed E-state index contributed by atoms with van der Waals surface area (Å²) in [7, 11) is 0. The molecule has 0 unspecified atom stereocenters. The lowest BCUT2D eigenvalue weighted by molar-refractivity contribution is 0.660. The molecule has 1 aliphatic rings. The Morgan fingerprint density at radius 2 is 0.948 bits per heavy atom. The Hall–Kier alpha value is -7.36. The number of furan rings is 1. The summed E-state index contributed by atoms with van der Waals surface area (Å²) < 4.78 is 9.45. The topological polar surface area (TPSA) is 21.3 Å². The molecule has 0 saturated carbocycles. The van der Waals surface area contributed by atoms with Gasteiger partial charge >= 0.3 is 0 Å². The number of para-hydroxylation sites is 6. The van der Waals surface area contributed by atoms with Gasteiger partial charge in [-0.15, -0.1) is 0 Å². The molecule has 9 aromatic carbocycles. The summed E-state index contributed by atoms with van der Waals surface area (Å²) in [6.07, 6.45) is 0. The van der Waals surface area contributed by atoms with Crippen molar-refractivity contribution in [3.05, 3.63) is 205 Å². The highest BCUT2D eigenvalue weighted by Crippen LogP contribution is 2.56. The van der Waals surface area contributed by atoms with E-state index in [-0.39, 0.29) is 5.41 Å². The summed E-state index contributed by atoms with van der Waals surface area (Å²) in [6.45, 7) is 4.76. The maximum absolute atomic E-state index is 7.00. The molecule has 0 saturated heterocycles. The van der Waals surface area contributed by atoms with E-state index in [0.717, 1.165) is 61.2 Å². The van der Waals surface area contributed by atoms with Crippen LogP contribution in [0.1, 0.15) is 25.0 Å². The van der Waals surface area contributed by atoms with E-state index in [1.54, 1.807) is 0 Å². The zero-order valence-corrected chi connectivity index (χ0v) is 32.3. The van der Waals surface area contributed by atoms with Crippen molar-refractivity contribution in [2.45, 2.75) is 19.3 Å². The molecule has 0 spiro atoms. The number of fused-ring (bicyclic) bond motifs is 11. The van der Waals surface area contributed by atoms with Gasteiger partial charge in [-0.3, -0.25) is 0 Å². The number of benzene rings is 9. The SMILES string of the molecule is CC1(C)c2ccccc2-c2cccc(N(c3ccccc3-c3cccc4c3oc3c5ccccc5ccc43)c3ccccc3-n3c4ccccc4c4ccccc43)c21. The standard InChI is InChI=1S/C55H38N2O/c1-55(2)45-26-9-5-19-37(45)41-23-16-32-51(52(41)55)57(50-31-14-13-30-49(50)56-46-27-10-6-20-38(46)39-21-7-11-28-47(39)56)48-29-12-8-22-40(48)42-24-15-25-43-44-34-33-35-17-3-4-18-36(35)53(44)58-54(42)43/h3-34H,1-2H3. The van der Waals surface area contributed by atoms with Crippen LogP contribution < -0.4 is 4.90 Å². The summed E-state index contributed by atoms with van der Waals surface area (Å²) >= 11 is 0. The highest BCUT2D eigenvalue weighted by Gasteiger charge is 2.39. The molecule has 2 heterocycles. The number of nitrogens with zero attached hydrogens (tertiary/aromatic N) is 2. The molecule has 1 aliphatic carbocycles. The van der Waals surface area contributed by atoms with E-state index in [1.165, 1.54) is 49.4 Å². The molecule has 0 amide bonds. The molecule has 274 valence electrons. The van der Waals surface area contributed by atoms with Crippen molar-refractivity contribution in [3.8, 4) is 27.9 Å². The number of hydrogen-bond donors (Lipinski definition) is 0. The van der Waals surface area contributed by atoms with Gasteiger partial charge in [-0.05, 0) is 70.1 Å². The van der Waals surface area contributed by atoms with Crippen molar-refractivity contribution in [2.24, 2.45) is 0 Å². The van der Waals surface area contributed by atoms with E-state index < -0.39 is 0 Å². The first-order valence-corrected chi connectivity index (χ1v) is 20.1. The summed E-state index contributed by atoms with van der Waals surface area (Å²) in [5, 5.41) is 7.01. The van der Waals surface area contributed by atoms with E-state index >= 15 is 0 Å². The average Bonchev–Trinajstić information content (AvgIpc) is 3.90. The van der Waals surface area contributed by atoms with Gasteiger partial charge < -0.3 is 13.9 Å². The first-order chi connectivity index (χ1) is 28.6. The van der Waals surface area contributed by atoms with E-state index in [0.29, 0.717) is 0 Å². The Morgan fingerprint density at radius 3 is 1.76 bits per heavy atom. The molecule has 0 N–H and O–H groups in total. The van der Waals surface area contributed by atoms with E-state index in [4.69, 9.17) is 4.42 Å². The molecule has 0 fully saturated rings. The Bertz CT molecular complexity index is 3400. The second-order valence-corrected chi connectivity index (χ2v) is 16.0. The summed E-state index contributed by atoms with van der Waals surface area (Å²) in [5.74, 6) is 0. The first-order valence-electron chi connectivity index (χ1n) is 20.1. The maximum Gasteiger partial charge on any atom is 0.143 e. The Kier molecular flexibility index (Phi) is 6.98. The average molecular weight is 743 g/mol. The van der Waals surface area contributed by atoms with Crippen LogP contribution in [0.2, 0.25) is 0 Å². The molecule has 3 heteroatoms. The van der Waals surface area contributed by atoms with Gasteiger partial charge in [0.1, 0.15) is 11.2 Å². The number of hydrogen-bond acceptors (Lipinski definition) is 2. The van der Waals surface area contributed by atoms with Gasteiger partial charge in [-0.1, -0.05) is 166 Å². The van der Waals surface area contributed by atoms with Crippen LogP contribution >= 0.6 is 0 Å². The summed E-state index contributed by atoms with van der Waals surface area (Å²) in [5.41, 5.74) is 15.7. The first kappa shape index (κ1) is 32.8. The molecule has 58 heavy (non-hydrogen) atoms. The van der Waals surface area contributed by atoms with Crippen LogP contribution in [-0.4, -0.2) is 4.57 Å². The quantitative estimate of drug-likeness (QED) is 0.175. The number of anilines is 3. The number of rotatable bonds is 5. The second kappa shape index (κ2) is 12.3. The molecule has 11 aromatic rings.